The third-order valence-corrected chi connectivity index (χ3v) is 5.67. The van der Waals surface area contributed by atoms with Gasteiger partial charge in [0.15, 0.2) is 0 Å². The number of aryl methyl sites for hydroxylation is 2. The third-order valence-electron chi connectivity index (χ3n) is 5.67. The van der Waals surface area contributed by atoms with Crippen molar-refractivity contribution in [3.8, 4) is 16.8 Å². The molecule has 3 N–H and O–H groups in total. The molecule has 0 atom stereocenters. The summed E-state index contributed by atoms with van der Waals surface area (Å²) >= 11 is 0. The molecule has 9 nitrogen and oxygen atoms in total. The van der Waals surface area contributed by atoms with E-state index in [9.17, 15) is 9.59 Å². The number of aliphatic hydroxyl groups is 1. The maximum atomic E-state index is 13.2. The number of hydrogen-bond donors (Lipinski definition) is 3. The van der Waals surface area contributed by atoms with Gasteiger partial charge in [0, 0.05) is 55.8 Å². The van der Waals surface area contributed by atoms with E-state index in [1.165, 1.54) is 0 Å². The molecule has 0 unspecified atom stereocenters. The lowest BCUT2D eigenvalue weighted by Crippen LogP contribution is -2.24. The topological polar surface area (TPSA) is 114 Å². The van der Waals surface area contributed by atoms with Crippen molar-refractivity contribution in [3.05, 3.63) is 84.4 Å². The van der Waals surface area contributed by atoms with Crippen molar-refractivity contribution in [2.24, 2.45) is 7.05 Å². The fourth-order valence-electron chi connectivity index (χ4n) is 3.83. The van der Waals surface area contributed by atoms with Crippen LogP contribution in [0.5, 0.6) is 0 Å². The Morgan fingerprint density at radius 1 is 1.00 bits per heavy atom. The van der Waals surface area contributed by atoms with Crippen molar-refractivity contribution in [2.75, 3.05) is 18.5 Å². The molecule has 9 heteroatoms. The highest BCUT2D eigenvalue weighted by atomic mass is 16.3. The molecule has 0 spiro atoms. The molecule has 2 amide bonds. The number of aromatic nitrogens is 4. The monoisotopic (exact) mass is 486 g/mol. The molecule has 0 aliphatic rings. The minimum atomic E-state index is -0.265. The number of nitrogens with zero attached hydrogens (tertiary/aromatic N) is 4. The van der Waals surface area contributed by atoms with Crippen LogP contribution < -0.4 is 10.6 Å². The van der Waals surface area contributed by atoms with E-state index in [0.29, 0.717) is 43.7 Å². The lowest BCUT2D eigenvalue weighted by atomic mass is 10.1. The molecule has 2 aromatic heterocycles. The minimum Gasteiger partial charge on any atom is -0.396 e. The lowest BCUT2D eigenvalue weighted by Gasteiger charge is -2.09. The predicted molar refractivity (Wildman–Crippen MR) is 138 cm³/mol. The Labute approximate surface area is 209 Å². The Morgan fingerprint density at radius 3 is 2.58 bits per heavy atom. The van der Waals surface area contributed by atoms with E-state index in [-0.39, 0.29) is 18.4 Å². The Hall–Kier alpha value is -4.24. The molecule has 2 heterocycles. The molecule has 0 bridgehead atoms. The second-order valence-corrected chi connectivity index (χ2v) is 8.48. The van der Waals surface area contributed by atoms with E-state index >= 15 is 0 Å². The van der Waals surface area contributed by atoms with Gasteiger partial charge in [-0.3, -0.25) is 24.2 Å². The summed E-state index contributed by atoms with van der Waals surface area (Å²) in [6.07, 6.45) is 7.68. The maximum absolute atomic E-state index is 13.2. The largest absolute Gasteiger partial charge is 0.396 e. The van der Waals surface area contributed by atoms with Crippen LogP contribution in [0, 0.1) is 0 Å². The molecule has 186 valence electrons. The smallest absolute Gasteiger partial charge is 0.258 e. The summed E-state index contributed by atoms with van der Waals surface area (Å²) in [5.41, 5.74) is 4.00. The molecule has 0 aliphatic heterocycles. The number of anilines is 1. The van der Waals surface area contributed by atoms with Gasteiger partial charge >= 0.3 is 0 Å². The van der Waals surface area contributed by atoms with Crippen LogP contribution >= 0.6 is 0 Å². The normalized spacial score (nSPS) is 10.8. The molecule has 4 aromatic rings. The molecule has 0 fully saturated rings. The van der Waals surface area contributed by atoms with Crippen molar-refractivity contribution in [1.82, 2.24) is 24.6 Å². The Kier molecular flexibility index (Phi) is 8.25. The molecular weight excluding hydrogens is 456 g/mol. The van der Waals surface area contributed by atoms with Crippen molar-refractivity contribution in [1.29, 1.82) is 0 Å². The van der Waals surface area contributed by atoms with E-state index in [4.69, 9.17) is 5.11 Å². The van der Waals surface area contributed by atoms with Gasteiger partial charge < -0.3 is 10.4 Å². The van der Waals surface area contributed by atoms with Crippen LogP contribution in [-0.4, -0.2) is 49.4 Å². The van der Waals surface area contributed by atoms with Crippen molar-refractivity contribution in [2.45, 2.75) is 25.7 Å². The zero-order valence-corrected chi connectivity index (χ0v) is 20.2. The highest BCUT2D eigenvalue weighted by molar-refractivity contribution is 6.04. The fraction of sp³-hybridized carbons (Fsp3) is 0.259. The number of para-hydroxylation sites is 1. The summed E-state index contributed by atoms with van der Waals surface area (Å²) in [5, 5.41) is 18.8. The zero-order valence-electron chi connectivity index (χ0n) is 20.2. The van der Waals surface area contributed by atoms with Gasteiger partial charge in [-0.25, -0.2) is 4.98 Å². The van der Waals surface area contributed by atoms with Crippen LogP contribution in [0.25, 0.3) is 16.8 Å². The summed E-state index contributed by atoms with van der Waals surface area (Å²) < 4.78 is 3.57. The van der Waals surface area contributed by atoms with E-state index in [0.717, 1.165) is 22.5 Å². The Bertz CT molecular complexity index is 1310. The number of rotatable bonds is 11. The average Bonchev–Trinajstić information content (AvgIpc) is 3.51. The summed E-state index contributed by atoms with van der Waals surface area (Å²) in [5.74, 6) is 0.103. The molecule has 0 saturated carbocycles. The fourth-order valence-corrected chi connectivity index (χ4v) is 3.83. The zero-order chi connectivity index (χ0) is 25.3. The number of carbonyl (C=O) groups excluding carboxylic acids is 2. The number of aliphatic hydroxyl groups excluding tert-OH is 1. The molecule has 0 aliphatic carbocycles. The molecule has 2 aromatic carbocycles. The van der Waals surface area contributed by atoms with Crippen molar-refractivity contribution in [3.63, 3.8) is 0 Å². The van der Waals surface area contributed by atoms with Crippen LogP contribution in [0.4, 0.5) is 5.95 Å². The number of nitrogens with one attached hydrogen (secondary N) is 2. The van der Waals surface area contributed by atoms with Crippen molar-refractivity contribution < 1.29 is 14.7 Å². The molecule has 36 heavy (non-hydrogen) atoms. The summed E-state index contributed by atoms with van der Waals surface area (Å²) in [6.45, 7) is 0.523. The van der Waals surface area contributed by atoms with Gasteiger partial charge in [0.25, 0.3) is 5.91 Å². The summed E-state index contributed by atoms with van der Waals surface area (Å²) in [7, 11) is 1.85. The van der Waals surface area contributed by atoms with Crippen LogP contribution in [-0.2, 0) is 18.3 Å². The van der Waals surface area contributed by atoms with Gasteiger partial charge in [0.05, 0.1) is 11.9 Å². The number of benzene rings is 2. The van der Waals surface area contributed by atoms with Crippen LogP contribution in [0.15, 0.2) is 73.2 Å². The Morgan fingerprint density at radius 2 is 1.83 bits per heavy atom. The SMILES string of the molecule is Cn1cc(-c2cccc(C(=O)Nc3nc(CCCC(=O)NCCCO)cn3-c3ccccc3)c2)cn1. The molecule has 0 radical (unpaired) electrons. The van der Waals surface area contributed by atoms with Gasteiger partial charge in [-0.2, -0.15) is 5.10 Å². The van der Waals surface area contributed by atoms with Gasteiger partial charge in [-0.15, -0.1) is 0 Å². The first-order chi connectivity index (χ1) is 17.5. The van der Waals surface area contributed by atoms with Gasteiger partial charge in [-0.1, -0.05) is 30.3 Å². The quantitative estimate of drug-likeness (QED) is 0.281. The predicted octanol–water partition coefficient (Wildman–Crippen LogP) is 3.35. The third kappa shape index (κ3) is 6.45. The summed E-state index contributed by atoms with van der Waals surface area (Å²) in [6, 6.07) is 17.0. The average molecular weight is 487 g/mol. The number of imidazole rings is 1. The van der Waals surface area contributed by atoms with Crippen LogP contribution in [0.3, 0.4) is 0 Å². The minimum absolute atomic E-state index is 0.0482. The number of carbonyl (C=O) groups is 2. The highest BCUT2D eigenvalue weighted by Gasteiger charge is 2.15. The second kappa shape index (κ2) is 11.9. The number of amides is 2. The molecule has 4 rings (SSSR count). The van der Waals surface area contributed by atoms with Gasteiger partial charge in [0.1, 0.15) is 0 Å². The highest BCUT2D eigenvalue weighted by Crippen LogP contribution is 2.22. The van der Waals surface area contributed by atoms with E-state index < -0.39 is 0 Å². The number of hydrogen-bond acceptors (Lipinski definition) is 5. The first kappa shape index (κ1) is 24.9. The van der Waals surface area contributed by atoms with E-state index in [1.54, 1.807) is 16.9 Å². The molecule has 0 saturated heterocycles. The second-order valence-electron chi connectivity index (χ2n) is 8.48. The van der Waals surface area contributed by atoms with Crippen LogP contribution in [0.1, 0.15) is 35.3 Å². The molecular formula is C27H30N6O3. The van der Waals surface area contributed by atoms with Crippen molar-refractivity contribution >= 4 is 17.8 Å². The van der Waals surface area contributed by atoms with E-state index in [1.807, 2.05) is 72.5 Å². The van der Waals surface area contributed by atoms with E-state index in [2.05, 4.69) is 20.7 Å². The van der Waals surface area contributed by atoms with Gasteiger partial charge in [0.2, 0.25) is 11.9 Å². The first-order valence-electron chi connectivity index (χ1n) is 11.9. The van der Waals surface area contributed by atoms with Crippen LogP contribution in [0.2, 0.25) is 0 Å². The maximum Gasteiger partial charge on any atom is 0.258 e. The van der Waals surface area contributed by atoms with Gasteiger partial charge in [-0.05, 0) is 49.1 Å². The Balaban J connectivity index is 1.49. The summed E-state index contributed by atoms with van der Waals surface area (Å²) in [4.78, 5) is 29.8. The lowest BCUT2D eigenvalue weighted by molar-refractivity contribution is -0.121. The first-order valence-corrected chi connectivity index (χ1v) is 11.9. The standard InChI is InChI=1S/C27H30N6O3/c1-32-18-22(17-29-32)20-8-5-9-21(16-20)26(36)31-27-30-23(10-6-13-25(35)28-14-7-15-34)19-33(27)24-11-3-2-4-12-24/h2-5,8-9,11-12,16-19,34H,6-7,10,13-15H2,1H3,(H,28,35)(H,30,31,36).